The molecule has 2 unspecified atom stereocenters. The summed E-state index contributed by atoms with van der Waals surface area (Å²) in [6, 6.07) is 13.0. The Kier molecular flexibility index (Phi) is 9.53. The summed E-state index contributed by atoms with van der Waals surface area (Å²) in [5, 5.41) is 13.5. The molecule has 2 atom stereocenters. The molecule has 202 valence electrons. The van der Waals surface area contributed by atoms with Gasteiger partial charge in [-0.25, -0.2) is 9.79 Å². The number of nitrogens with one attached hydrogen (secondary N) is 1. The summed E-state index contributed by atoms with van der Waals surface area (Å²) in [6.07, 6.45) is 6.61. The van der Waals surface area contributed by atoms with Crippen LogP contribution in [0.2, 0.25) is 5.02 Å². The number of carboxylic acid groups (broad SMARTS) is 1. The molecular formula is C29H34ClN3O5. The lowest BCUT2D eigenvalue weighted by Gasteiger charge is -2.38. The van der Waals surface area contributed by atoms with Gasteiger partial charge in [-0.15, -0.1) is 0 Å². The van der Waals surface area contributed by atoms with Gasteiger partial charge in [0.15, 0.2) is 5.78 Å². The van der Waals surface area contributed by atoms with Gasteiger partial charge in [0.25, 0.3) is 0 Å². The van der Waals surface area contributed by atoms with Crippen molar-refractivity contribution in [2.75, 3.05) is 19.6 Å². The van der Waals surface area contributed by atoms with Crippen LogP contribution in [0, 0.1) is 5.92 Å². The zero-order chi connectivity index (χ0) is 27.1. The number of carbonyl (C=O) groups is 3. The Hall–Kier alpha value is -3.23. The maximum Gasteiger partial charge on any atom is 0.344 e. The van der Waals surface area contributed by atoms with Crippen LogP contribution in [0.3, 0.4) is 0 Å². The Morgan fingerprint density at radius 2 is 1.87 bits per heavy atom. The molecule has 0 spiro atoms. The number of rotatable bonds is 11. The van der Waals surface area contributed by atoms with Crippen LogP contribution in [0.15, 0.2) is 53.5 Å². The van der Waals surface area contributed by atoms with Crippen LogP contribution in [0.25, 0.3) is 0 Å². The third-order valence-corrected chi connectivity index (χ3v) is 7.38. The number of carboxylic acids is 1. The molecule has 2 aromatic carbocycles. The van der Waals surface area contributed by atoms with E-state index in [2.05, 4.69) is 10.3 Å². The number of aliphatic imine (C=N–C) groups is 1. The molecule has 0 bridgehead atoms. The molecule has 2 amide bonds. The van der Waals surface area contributed by atoms with E-state index in [1.165, 1.54) is 24.2 Å². The lowest BCUT2D eigenvalue weighted by molar-refractivity contribution is -0.141. The second kappa shape index (κ2) is 13.0. The first-order chi connectivity index (χ1) is 18.3. The smallest absolute Gasteiger partial charge is 0.344 e. The van der Waals surface area contributed by atoms with Crippen LogP contribution < -0.4 is 10.1 Å². The summed E-state index contributed by atoms with van der Waals surface area (Å²) in [5.41, 5.74) is 1.52. The van der Waals surface area contributed by atoms with Crippen LogP contribution in [0.5, 0.6) is 5.75 Å². The molecule has 2 N–H and O–H groups in total. The zero-order valence-corrected chi connectivity index (χ0v) is 22.3. The standard InChI is InChI=1S/C29H34ClN3O5/c1-19-26(28(35)36)27(21-7-5-8-22(30)17-21)33(29(37)32-19)16-6-15-31-18-25(34)20-11-13-24(14-12-20)38-23-9-3-2-4-10-23/h5,7-8,11-14,17,23,26-27,31H,2-4,6,9-10,15-16,18H2,1H3,(H,35,36). The highest BCUT2D eigenvalue weighted by molar-refractivity contribution is 6.30. The van der Waals surface area contributed by atoms with E-state index in [0.717, 1.165) is 18.6 Å². The summed E-state index contributed by atoms with van der Waals surface area (Å²) >= 11 is 6.16. The second-order valence-electron chi connectivity index (χ2n) is 9.90. The lowest BCUT2D eigenvalue weighted by Crippen LogP contribution is -2.47. The molecule has 1 heterocycles. The summed E-state index contributed by atoms with van der Waals surface area (Å²) in [7, 11) is 0. The van der Waals surface area contributed by atoms with Gasteiger partial charge in [0.1, 0.15) is 11.7 Å². The molecule has 1 saturated carbocycles. The highest BCUT2D eigenvalue weighted by atomic mass is 35.5. The molecule has 4 rings (SSSR count). The average molecular weight is 540 g/mol. The Labute approximate surface area is 228 Å². The van der Waals surface area contributed by atoms with Crippen molar-refractivity contribution < 1.29 is 24.2 Å². The Bertz CT molecular complexity index is 1180. The molecule has 2 aliphatic rings. The largest absolute Gasteiger partial charge is 0.490 e. The number of urea groups is 1. The topological polar surface area (TPSA) is 108 Å². The van der Waals surface area contributed by atoms with Gasteiger partial charge in [-0.3, -0.25) is 9.59 Å². The van der Waals surface area contributed by atoms with Gasteiger partial charge < -0.3 is 20.1 Å². The van der Waals surface area contributed by atoms with E-state index >= 15 is 0 Å². The molecule has 38 heavy (non-hydrogen) atoms. The van der Waals surface area contributed by atoms with Gasteiger partial charge in [-0.05, 0) is 87.5 Å². The highest BCUT2D eigenvalue weighted by Crippen LogP contribution is 2.35. The third kappa shape index (κ3) is 6.99. The summed E-state index contributed by atoms with van der Waals surface area (Å²) < 4.78 is 6.03. The number of ether oxygens (including phenoxy) is 1. The highest BCUT2D eigenvalue weighted by Gasteiger charge is 2.42. The van der Waals surface area contributed by atoms with Crippen LogP contribution >= 0.6 is 11.6 Å². The fourth-order valence-corrected chi connectivity index (χ4v) is 5.40. The van der Waals surface area contributed by atoms with Gasteiger partial charge in [0.2, 0.25) is 0 Å². The van der Waals surface area contributed by atoms with Gasteiger partial charge in [0, 0.05) is 22.8 Å². The minimum absolute atomic E-state index is 0.0359. The molecule has 2 aromatic rings. The van der Waals surface area contributed by atoms with Crippen molar-refractivity contribution >= 4 is 35.1 Å². The van der Waals surface area contributed by atoms with E-state index < -0.39 is 24.0 Å². The number of Topliss-reactive ketones (excluding diaryl/α,β-unsaturated/α-hetero) is 1. The van der Waals surface area contributed by atoms with E-state index in [4.69, 9.17) is 16.3 Å². The molecule has 1 aliphatic heterocycles. The van der Waals surface area contributed by atoms with E-state index in [-0.39, 0.29) is 30.7 Å². The number of hydrogen-bond donors (Lipinski definition) is 2. The molecule has 9 heteroatoms. The quantitative estimate of drug-likeness (QED) is 0.286. The van der Waals surface area contributed by atoms with Crippen LogP contribution in [-0.2, 0) is 4.79 Å². The molecule has 1 aliphatic carbocycles. The fourth-order valence-electron chi connectivity index (χ4n) is 5.20. The first kappa shape index (κ1) is 27.8. The van der Waals surface area contributed by atoms with Gasteiger partial charge in [-0.1, -0.05) is 30.2 Å². The molecule has 8 nitrogen and oxygen atoms in total. The van der Waals surface area contributed by atoms with Gasteiger partial charge in [-0.2, -0.15) is 0 Å². The predicted octanol–water partition coefficient (Wildman–Crippen LogP) is 5.55. The molecule has 1 fully saturated rings. The van der Waals surface area contributed by atoms with Crippen molar-refractivity contribution in [1.82, 2.24) is 10.2 Å². The van der Waals surface area contributed by atoms with Crippen LogP contribution in [0.1, 0.15) is 67.4 Å². The van der Waals surface area contributed by atoms with Crippen molar-refractivity contribution in [1.29, 1.82) is 0 Å². The third-order valence-electron chi connectivity index (χ3n) is 7.14. The number of nitrogens with zero attached hydrogens (tertiary/aromatic N) is 2. The minimum Gasteiger partial charge on any atom is -0.490 e. The Morgan fingerprint density at radius 3 is 2.55 bits per heavy atom. The molecule has 0 radical (unpaired) electrons. The van der Waals surface area contributed by atoms with Gasteiger partial charge in [0.05, 0.1) is 18.7 Å². The lowest BCUT2D eigenvalue weighted by atomic mass is 9.87. The normalized spacial score (nSPS) is 20.2. The molecule has 0 saturated heterocycles. The number of carbonyl (C=O) groups excluding carboxylic acids is 2. The average Bonchev–Trinajstić information content (AvgIpc) is 2.90. The van der Waals surface area contributed by atoms with Crippen LogP contribution in [-0.4, -0.2) is 59.2 Å². The SMILES string of the molecule is CC1=NC(=O)N(CCCNCC(=O)c2ccc(OC3CCCCC3)cc2)C(c2cccc(Cl)c2)C1C(=O)O. The first-order valence-corrected chi connectivity index (χ1v) is 13.6. The number of aliphatic carboxylic acids is 1. The molecular weight excluding hydrogens is 506 g/mol. The number of amides is 2. The summed E-state index contributed by atoms with van der Waals surface area (Å²) in [4.78, 5) is 42.9. The van der Waals surface area contributed by atoms with E-state index in [0.29, 0.717) is 29.1 Å². The molecule has 0 aromatic heterocycles. The minimum atomic E-state index is -1.05. The number of ketones is 1. The number of benzene rings is 2. The van der Waals surface area contributed by atoms with Crippen molar-refractivity contribution in [2.45, 2.75) is 57.6 Å². The fraction of sp³-hybridized carbons (Fsp3) is 0.448. The van der Waals surface area contributed by atoms with Crippen molar-refractivity contribution in [3.8, 4) is 5.75 Å². The van der Waals surface area contributed by atoms with Crippen LogP contribution in [0.4, 0.5) is 4.79 Å². The summed E-state index contributed by atoms with van der Waals surface area (Å²) in [6.45, 7) is 2.48. The van der Waals surface area contributed by atoms with Crippen molar-refractivity contribution in [3.05, 3.63) is 64.7 Å². The predicted molar refractivity (Wildman–Crippen MR) is 146 cm³/mol. The first-order valence-electron chi connectivity index (χ1n) is 13.2. The second-order valence-corrected chi connectivity index (χ2v) is 10.3. The van der Waals surface area contributed by atoms with E-state index in [9.17, 15) is 19.5 Å². The number of halogens is 1. The monoisotopic (exact) mass is 539 g/mol. The summed E-state index contributed by atoms with van der Waals surface area (Å²) in [5.74, 6) is -1.26. The Balaban J connectivity index is 1.30. The van der Waals surface area contributed by atoms with E-state index in [1.54, 1.807) is 43.3 Å². The zero-order valence-electron chi connectivity index (χ0n) is 21.6. The van der Waals surface area contributed by atoms with Crippen molar-refractivity contribution in [2.24, 2.45) is 10.9 Å². The number of hydrogen-bond acceptors (Lipinski definition) is 5. The Morgan fingerprint density at radius 1 is 1.13 bits per heavy atom. The van der Waals surface area contributed by atoms with Crippen molar-refractivity contribution in [3.63, 3.8) is 0 Å². The van der Waals surface area contributed by atoms with Gasteiger partial charge >= 0.3 is 12.0 Å². The maximum absolute atomic E-state index is 12.8. The maximum atomic E-state index is 12.8. The van der Waals surface area contributed by atoms with E-state index in [1.807, 2.05) is 12.1 Å².